The number of alkyl halides is 1. The summed E-state index contributed by atoms with van der Waals surface area (Å²) in [6.45, 7) is 7.57. The van der Waals surface area contributed by atoms with Gasteiger partial charge in [0.05, 0.1) is 9.57 Å². The topological polar surface area (TPSA) is 34.1 Å². The molecule has 1 aromatic rings. The highest BCUT2D eigenvalue weighted by Gasteiger charge is 2.38. The highest BCUT2D eigenvalue weighted by Crippen LogP contribution is 2.39. The van der Waals surface area contributed by atoms with Gasteiger partial charge in [0, 0.05) is 6.26 Å². The van der Waals surface area contributed by atoms with Crippen molar-refractivity contribution in [3.63, 3.8) is 0 Å². The molecular weight excluding hydrogens is 300 g/mol. The Morgan fingerprint density at radius 1 is 1.18 bits per heavy atom. The molecule has 1 unspecified atom stereocenters. The van der Waals surface area contributed by atoms with Crippen LogP contribution in [0, 0.1) is 13.8 Å². The van der Waals surface area contributed by atoms with Gasteiger partial charge in [-0.1, -0.05) is 34.1 Å². The lowest BCUT2D eigenvalue weighted by Gasteiger charge is -2.29. The minimum absolute atomic E-state index is 0.204. The van der Waals surface area contributed by atoms with Gasteiger partial charge < -0.3 is 0 Å². The predicted molar refractivity (Wildman–Crippen MR) is 76.5 cm³/mol. The Morgan fingerprint density at radius 3 is 2.12 bits per heavy atom. The zero-order valence-electron chi connectivity index (χ0n) is 10.9. The third-order valence-electron chi connectivity index (χ3n) is 3.39. The number of hydrogen-bond acceptors (Lipinski definition) is 2. The molecule has 0 saturated heterocycles. The lowest BCUT2D eigenvalue weighted by molar-refractivity contribution is 0.548. The lowest BCUT2D eigenvalue weighted by atomic mass is 9.98. The van der Waals surface area contributed by atoms with E-state index in [1.807, 2.05) is 32.0 Å². The summed E-state index contributed by atoms with van der Waals surface area (Å²) in [5.74, 6) is 0. The van der Waals surface area contributed by atoms with Crippen molar-refractivity contribution >= 4 is 25.8 Å². The van der Waals surface area contributed by atoms with Crippen molar-refractivity contribution in [1.29, 1.82) is 0 Å². The quantitative estimate of drug-likeness (QED) is 0.798. The molecular formula is C13H19BrO2S. The van der Waals surface area contributed by atoms with Crippen LogP contribution in [0.15, 0.2) is 18.2 Å². The van der Waals surface area contributed by atoms with Crippen LogP contribution in [0.1, 0.15) is 35.4 Å². The second kappa shape index (κ2) is 4.73. The largest absolute Gasteiger partial charge is 0.229 e. The zero-order valence-corrected chi connectivity index (χ0v) is 13.3. The minimum Gasteiger partial charge on any atom is -0.229 e. The van der Waals surface area contributed by atoms with Crippen LogP contribution in [0.5, 0.6) is 0 Å². The SMILES string of the molecule is Cc1ccc(C(Br)C(C)(C)S(C)(=O)=O)cc1C. The molecule has 0 amide bonds. The van der Waals surface area contributed by atoms with Gasteiger partial charge in [0.2, 0.25) is 0 Å². The summed E-state index contributed by atoms with van der Waals surface area (Å²) in [6.07, 6.45) is 1.28. The molecule has 0 aliphatic heterocycles. The molecule has 0 aliphatic rings. The summed E-state index contributed by atoms with van der Waals surface area (Å²) in [5, 5.41) is 0. The second-order valence-corrected chi connectivity index (χ2v) is 8.59. The van der Waals surface area contributed by atoms with E-state index in [9.17, 15) is 8.42 Å². The molecule has 96 valence electrons. The van der Waals surface area contributed by atoms with Gasteiger partial charge in [-0.3, -0.25) is 0 Å². The van der Waals surface area contributed by atoms with E-state index in [-0.39, 0.29) is 4.83 Å². The average molecular weight is 319 g/mol. The predicted octanol–water partition coefficient (Wildman–Crippen LogP) is 3.56. The molecule has 4 heteroatoms. The molecule has 0 heterocycles. The van der Waals surface area contributed by atoms with Gasteiger partial charge in [-0.05, 0) is 44.4 Å². The fraction of sp³-hybridized carbons (Fsp3) is 0.538. The van der Waals surface area contributed by atoms with Gasteiger partial charge in [-0.15, -0.1) is 0 Å². The van der Waals surface area contributed by atoms with Crippen LogP contribution < -0.4 is 0 Å². The monoisotopic (exact) mass is 318 g/mol. The van der Waals surface area contributed by atoms with Crippen LogP contribution in [0.25, 0.3) is 0 Å². The average Bonchev–Trinajstić information content (AvgIpc) is 2.19. The molecule has 1 rings (SSSR count). The first-order chi connectivity index (χ1) is 7.57. The fourth-order valence-corrected chi connectivity index (χ4v) is 3.33. The van der Waals surface area contributed by atoms with Crippen LogP contribution >= 0.6 is 15.9 Å². The summed E-state index contributed by atoms with van der Waals surface area (Å²) < 4.78 is 22.8. The fourth-order valence-electron chi connectivity index (χ4n) is 1.51. The standard InChI is InChI=1S/C13H19BrO2S/c1-9-6-7-11(8-10(9)2)12(14)13(3,4)17(5,15)16/h6-8,12H,1-5H3. The Kier molecular flexibility index (Phi) is 4.09. The van der Waals surface area contributed by atoms with Gasteiger partial charge in [0.1, 0.15) is 0 Å². The van der Waals surface area contributed by atoms with Crippen LogP contribution in [-0.4, -0.2) is 19.4 Å². The Labute approximate surface area is 112 Å². The smallest absolute Gasteiger partial charge is 0.154 e. The van der Waals surface area contributed by atoms with Crippen molar-refractivity contribution in [1.82, 2.24) is 0 Å². The molecule has 17 heavy (non-hydrogen) atoms. The Bertz CT molecular complexity index is 518. The van der Waals surface area contributed by atoms with Crippen molar-refractivity contribution in [2.75, 3.05) is 6.26 Å². The number of halogens is 1. The van der Waals surface area contributed by atoms with E-state index in [0.29, 0.717) is 0 Å². The van der Waals surface area contributed by atoms with Crippen molar-refractivity contribution in [2.24, 2.45) is 0 Å². The van der Waals surface area contributed by atoms with E-state index < -0.39 is 14.6 Å². The van der Waals surface area contributed by atoms with Gasteiger partial charge >= 0.3 is 0 Å². The second-order valence-electron chi connectivity index (χ2n) is 5.08. The molecule has 1 aromatic carbocycles. The van der Waals surface area contributed by atoms with E-state index in [2.05, 4.69) is 15.9 Å². The van der Waals surface area contributed by atoms with Crippen molar-refractivity contribution < 1.29 is 8.42 Å². The molecule has 0 bridgehead atoms. The summed E-state index contributed by atoms with van der Waals surface area (Å²) in [5.41, 5.74) is 3.39. The molecule has 0 aromatic heterocycles. The van der Waals surface area contributed by atoms with Gasteiger partial charge in [0.15, 0.2) is 9.84 Å². The Balaban J connectivity index is 3.21. The third kappa shape index (κ3) is 2.91. The van der Waals surface area contributed by atoms with E-state index in [0.717, 1.165) is 5.56 Å². The van der Waals surface area contributed by atoms with E-state index in [1.165, 1.54) is 17.4 Å². The van der Waals surface area contributed by atoms with Crippen molar-refractivity contribution in [2.45, 2.75) is 37.3 Å². The summed E-state index contributed by atoms with van der Waals surface area (Å²) in [4.78, 5) is -0.204. The molecule has 0 aliphatic carbocycles. The van der Waals surface area contributed by atoms with Gasteiger partial charge in [-0.2, -0.15) is 0 Å². The van der Waals surface area contributed by atoms with Gasteiger partial charge in [0.25, 0.3) is 0 Å². The molecule has 0 saturated carbocycles. The third-order valence-corrected chi connectivity index (χ3v) is 7.51. The molecule has 1 atom stereocenters. The molecule has 2 nitrogen and oxygen atoms in total. The molecule has 0 spiro atoms. The Morgan fingerprint density at radius 2 is 1.71 bits per heavy atom. The molecule has 0 N–H and O–H groups in total. The van der Waals surface area contributed by atoms with Crippen LogP contribution in [0.4, 0.5) is 0 Å². The summed E-state index contributed by atoms with van der Waals surface area (Å²) in [6, 6.07) is 6.05. The van der Waals surface area contributed by atoms with Gasteiger partial charge in [-0.25, -0.2) is 8.42 Å². The van der Waals surface area contributed by atoms with E-state index >= 15 is 0 Å². The first kappa shape index (κ1) is 14.7. The zero-order chi connectivity index (χ0) is 13.4. The van der Waals surface area contributed by atoms with Crippen molar-refractivity contribution in [3.8, 4) is 0 Å². The van der Waals surface area contributed by atoms with Crippen LogP contribution in [-0.2, 0) is 9.84 Å². The number of hydrogen-bond donors (Lipinski definition) is 0. The van der Waals surface area contributed by atoms with E-state index in [1.54, 1.807) is 13.8 Å². The lowest BCUT2D eigenvalue weighted by Crippen LogP contribution is -2.35. The first-order valence-electron chi connectivity index (χ1n) is 5.48. The summed E-state index contributed by atoms with van der Waals surface area (Å²) in [7, 11) is -3.12. The van der Waals surface area contributed by atoms with Crippen LogP contribution in [0.2, 0.25) is 0 Å². The molecule has 0 radical (unpaired) electrons. The minimum atomic E-state index is -3.12. The maximum Gasteiger partial charge on any atom is 0.154 e. The first-order valence-corrected chi connectivity index (χ1v) is 8.29. The van der Waals surface area contributed by atoms with Crippen molar-refractivity contribution in [3.05, 3.63) is 34.9 Å². The highest BCUT2D eigenvalue weighted by atomic mass is 79.9. The maximum absolute atomic E-state index is 11.8. The summed E-state index contributed by atoms with van der Waals surface area (Å²) >= 11 is 3.52. The normalized spacial score (nSPS) is 14.7. The number of benzene rings is 1. The molecule has 0 fully saturated rings. The number of aryl methyl sites for hydroxylation is 2. The number of sulfone groups is 1. The van der Waals surface area contributed by atoms with Crippen LogP contribution in [0.3, 0.4) is 0 Å². The van der Waals surface area contributed by atoms with E-state index in [4.69, 9.17) is 0 Å². The Hall–Kier alpha value is -0.350. The maximum atomic E-state index is 11.8. The highest BCUT2D eigenvalue weighted by molar-refractivity contribution is 9.09. The number of rotatable bonds is 3.